The van der Waals surface area contributed by atoms with E-state index in [1.165, 1.54) is 18.2 Å². The van der Waals surface area contributed by atoms with Gasteiger partial charge >= 0.3 is 0 Å². The Kier molecular flexibility index (Phi) is 4.82. The molecule has 0 spiro atoms. The van der Waals surface area contributed by atoms with Crippen LogP contribution >= 0.6 is 11.6 Å². The van der Waals surface area contributed by atoms with Gasteiger partial charge in [0.05, 0.1) is 23.9 Å². The Morgan fingerprint density at radius 3 is 2.80 bits per heavy atom. The maximum Gasteiger partial charge on any atom is 0.125 e. The Morgan fingerprint density at radius 1 is 1.30 bits per heavy atom. The van der Waals surface area contributed by atoms with Gasteiger partial charge in [-0.25, -0.2) is 4.39 Å². The van der Waals surface area contributed by atoms with Crippen molar-refractivity contribution in [2.24, 2.45) is 5.73 Å². The smallest absolute Gasteiger partial charge is 0.125 e. The van der Waals surface area contributed by atoms with E-state index in [1.807, 2.05) is 24.3 Å². The second-order valence-electron chi connectivity index (χ2n) is 4.33. The summed E-state index contributed by atoms with van der Waals surface area (Å²) in [5, 5.41) is 3.60. The first-order valence-corrected chi connectivity index (χ1v) is 6.57. The molecule has 3 N–H and O–H groups in total. The second-order valence-corrected chi connectivity index (χ2v) is 4.74. The Morgan fingerprint density at radius 2 is 2.10 bits per heavy atom. The molecule has 2 aromatic carbocycles. The molecule has 0 heterocycles. The number of methoxy groups -OCH3 is 1. The summed E-state index contributed by atoms with van der Waals surface area (Å²) in [6.07, 6.45) is 0. The molecule has 0 aliphatic heterocycles. The van der Waals surface area contributed by atoms with Crippen molar-refractivity contribution in [1.82, 2.24) is 0 Å². The molecule has 0 radical (unpaired) electrons. The molecular weight excluding hydrogens is 279 g/mol. The molecule has 5 heteroatoms. The molecule has 0 saturated heterocycles. The highest BCUT2D eigenvalue weighted by molar-refractivity contribution is 6.33. The number of benzene rings is 2. The van der Waals surface area contributed by atoms with Gasteiger partial charge in [0.15, 0.2) is 0 Å². The van der Waals surface area contributed by atoms with Crippen LogP contribution in [0.1, 0.15) is 11.6 Å². The van der Waals surface area contributed by atoms with Gasteiger partial charge in [0.25, 0.3) is 0 Å². The van der Waals surface area contributed by atoms with E-state index in [9.17, 15) is 4.39 Å². The lowest BCUT2D eigenvalue weighted by molar-refractivity contribution is 0.414. The van der Waals surface area contributed by atoms with E-state index >= 15 is 0 Å². The summed E-state index contributed by atoms with van der Waals surface area (Å²) in [7, 11) is 1.60. The van der Waals surface area contributed by atoms with Gasteiger partial charge in [0.2, 0.25) is 0 Å². The summed E-state index contributed by atoms with van der Waals surface area (Å²) in [4.78, 5) is 0. The van der Waals surface area contributed by atoms with E-state index in [2.05, 4.69) is 5.32 Å². The third-order valence-electron chi connectivity index (χ3n) is 2.99. The Labute approximate surface area is 122 Å². The van der Waals surface area contributed by atoms with Crippen molar-refractivity contribution in [2.75, 3.05) is 19.0 Å². The molecule has 2 rings (SSSR count). The summed E-state index contributed by atoms with van der Waals surface area (Å²) in [6, 6.07) is 11.6. The highest BCUT2D eigenvalue weighted by Crippen LogP contribution is 2.28. The number of hydrogen-bond donors (Lipinski definition) is 2. The van der Waals surface area contributed by atoms with E-state index in [1.54, 1.807) is 7.11 Å². The van der Waals surface area contributed by atoms with Crippen molar-refractivity contribution in [3.63, 3.8) is 0 Å². The maximum absolute atomic E-state index is 13.3. The molecule has 0 aliphatic carbocycles. The van der Waals surface area contributed by atoms with Gasteiger partial charge in [-0.15, -0.1) is 0 Å². The van der Waals surface area contributed by atoms with Crippen molar-refractivity contribution < 1.29 is 9.13 Å². The van der Waals surface area contributed by atoms with Gasteiger partial charge in [0, 0.05) is 6.54 Å². The molecule has 0 amide bonds. The zero-order valence-corrected chi connectivity index (χ0v) is 11.8. The second kappa shape index (κ2) is 6.59. The van der Waals surface area contributed by atoms with Crippen molar-refractivity contribution in [2.45, 2.75) is 6.04 Å². The van der Waals surface area contributed by atoms with Crippen molar-refractivity contribution in [1.29, 1.82) is 0 Å². The fourth-order valence-electron chi connectivity index (χ4n) is 1.93. The van der Waals surface area contributed by atoms with Crippen LogP contribution in [0, 0.1) is 5.82 Å². The Hall–Kier alpha value is -1.78. The van der Waals surface area contributed by atoms with Crippen LogP contribution in [0.15, 0.2) is 42.5 Å². The van der Waals surface area contributed by atoms with Gasteiger partial charge in [-0.05, 0) is 35.9 Å². The molecule has 0 fully saturated rings. The average Bonchev–Trinajstić information content (AvgIpc) is 2.48. The molecule has 2 aromatic rings. The maximum atomic E-state index is 13.3. The standard InChI is InChI=1S/C15H16ClFN2O/c1-20-12-4-2-3-10(7-12)15(9-18)19-14-8-11(17)5-6-13(14)16/h2-8,15,19H,9,18H2,1H3. The Balaban J connectivity index is 2.26. The molecule has 1 unspecified atom stereocenters. The van der Waals surface area contributed by atoms with Crippen LogP contribution < -0.4 is 15.8 Å². The SMILES string of the molecule is COc1cccc(C(CN)Nc2cc(F)ccc2Cl)c1. The van der Waals surface area contributed by atoms with Crippen LogP contribution in [0.25, 0.3) is 0 Å². The predicted octanol–water partition coefficient (Wildman–Crippen LogP) is 3.60. The van der Waals surface area contributed by atoms with Gasteiger partial charge < -0.3 is 15.8 Å². The number of nitrogens with two attached hydrogens (primary N) is 1. The van der Waals surface area contributed by atoms with E-state index in [0.717, 1.165) is 11.3 Å². The highest BCUT2D eigenvalue weighted by Gasteiger charge is 2.12. The molecule has 3 nitrogen and oxygen atoms in total. The minimum absolute atomic E-state index is 0.176. The number of rotatable bonds is 5. The topological polar surface area (TPSA) is 47.3 Å². The number of ether oxygens (including phenoxy) is 1. The van der Waals surface area contributed by atoms with Gasteiger partial charge in [0.1, 0.15) is 11.6 Å². The lowest BCUT2D eigenvalue weighted by atomic mass is 10.1. The minimum Gasteiger partial charge on any atom is -0.497 e. The highest BCUT2D eigenvalue weighted by atomic mass is 35.5. The number of hydrogen-bond acceptors (Lipinski definition) is 3. The molecule has 106 valence electrons. The zero-order chi connectivity index (χ0) is 14.5. The molecule has 0 aliphatic rings. The third kappa shape index (κ3) is 3.40. The van der Waals surface area contributed by atoms with Crippen LogP contribution in [0.4, 0.5) is 10.1 Å². The van der Waals surface area contributed by atoms with Crippen molar-refractivity contribution >= 4 is 17.3 Å². The molecule has 0 saturated carbocycles. The zero-order valence-electron chi connectivity index (χ0n) is 11.1. The molecule has 1 atom stereocenters. The van der Waals surface area contributed by atoms with Crippen LogP contribution in [0.3, 0.4) is 0 Å². The van der Waals surface area contributed by atoms with E-state index in [-0.39, 0.29) is 11.9 Å². The van der Waals surface area contributed by atoms with Gasteiger partial charge in [-0.3, -0.25) is 0 Å². The first kappa shape index (κ1) is 14.6. The van der Waals surface area contributed by atoms with E-state index in [4.69, 9.17) is 22.1 Å². The van der Waals surface area contributed by atoms with Crippen molar-refractivity contribution in [3.8, 4) is 5.75 Å². The molecule has 0 aromatic heterocycles. The van der Waals surface area contributed by atoms with E-state index in [0.29, 0.717) is 17.3 Å². The lowest BCUT2D eigenvalue weighted by Crippen LogP contribution is -2.20. The van der Waals surface area contributed by atoms with Gasteiger partial charge in [-0.2, -0.15) is 0 Å². The minimum atomic E-state index is -0.349. The molecule has 0 bridgehead atoms. The number of halogens is 2. The first-order valence-electron chi connectivity index (χ1n) is 6.19. The fourth-order valence-corrected chi connectivity index (χ4v) is 2.10. The number of nitrogens with one attached hydrogen (secondary N) is 1. The fraction of sp³-hybridized carbons (Fsp3) is 0.200. The molecular formula is C15H16ClFN2O. The quantitative estimate of drug-likeness (QED) is 0.886. The summed E-state index contributed by atoms with van der Waals surface area (Å²) in [6.45, 7) is 0.347. The van der Waals surface area contributed by atoms with Crippen molar-refractivity contribution in [3.05, 3.63) is 58.9 Å². The Bertz CT molecular complexity index is 592. The summed E-state index contributed by atoms with van der Waals surface area (Å²) in [5.74, 6) is 0.395. The summed E-state index contributed by atoms with van der Waals surface area (Å²) < 4.78 is 18.5. The normalized spacial score (nSPS) is 12.0. The van der Waals surface area contributed by atoms with Crippen LogP contribution in [0.2, 0.25) is 5.02 Å². The van der Waals surface area contributed by atoms with Gasteiger partial charge in [-0.1, -0.05) is 23.7 Å². The lowest BCUT2D eigenvalue weighted by Gasteiger charge is -2.20. The third-order valence-corrected chi connectivity index (χ3v) is 3.32. The number of anilines is 1. The van der Waals surface area contributed by atoms with Crippen LogP contribution in [-0.4, -0.2) is 13.7 Å². The largest absolute Gasteiger partial charge is 0.497 e. The summed E-state index contributed by atoms with van der Waals surface area (Å²) >= 11 is 6.05. The first-order chi connectivity index (χ1) is 9.63. The van der Waals surface area contributed by atoms with Crippen LogP contribution in [0.5, 0.6) is 5.75 Å². The van der Waals surface area contributed by atoms with E-state index < -0.39 is 0 Å². The average molecular weight is 295 g/mol. The predicted molar refractivity (Wildman–Crippen MR) is 79.8 cm³/mol. The van der Waals surface area contributed by atoms with Crippen LogP contribution in [-0.2, 0) is 0 Å². The molecule has 20 heavy (non-hydrogen) atoms. The monoisotopic (exact) mass is 294 g/mol. The summed E-state index contributed by atoms with van der Waals surface area (Å²) in [5.41, 5.74) is 7.26.